The van der Waals surface area contributed by atoms with Gasteiger partial charge in [-0.25, -0.2) is 4.79 Å². The molecule has 1 heterocycles. The summed E-state index contributed by atoms with van der Waals surface area (Å²) in [5.74, 6) is -3.12. The highest BCUT2D eigenvalue weighted by Crippen LogP contribution is 2.25. The van der Waals surface area contributed by atoms with E-state index in [0.29, 0.717) is 9.21 Å². The number of ketones is 2. The molecule has 0 aromatic carbocycles. The monoisotopic (exact) mass is 288 g/mol. The van der Waals surface area contributed by atoms with Crippen molar-refractivity contribution < 1.29 is 19.1 Å². The smallest absolute Gasteiger partial charge is 0.375 e. The van der Waals surface area contributed by atoms with E-state index in [1.807, 2.05) is 0 Å². The number of ether oxygens (including phenoxy) is 1. The maximum absolute atomic E-state index is 12.1. The first-order valence-electron chi connectivity index (χ1n) is 5.51. The van der Waals surface area contributed by atoms with Crippen molar-refractivity contribution >= 4 is 40.5 Å². The molecule has 98 valence electrons. The first-order chi connectivity index (χ1) is 8.51. The molecular formula is C12H13ClO4S. The van der Waals surface area contributed by atoms with Gasteiger partial charge in [-0.05, 0) is 25.5 Å². The number of esters is 1. The van der Waals surface area contributed by atoms with Gasteiger partial charge in [-0.3, -0.25) is 9.59 Å². The fourth-order valence-electron chi connectivity index (χ4n) is 1.45. The molecule has 0 saturated carbocycles. The maximum Gasteiger partial charge on any atom is 0.375 e. The van der Waals surface area contributed by atoms with E-state index in [9.17, 15) is 14.4 Å². The van der Waals surface area contributed by atoms with Gasteiger partial charge in [-0.1, -0.05) is 18.5 Å². The summed E-state index contributed by atoms with van der Waals surface area (Å²) in [6.07, 6.45) is 0.256. The molecular weight excluding hydrogens is 276 g/mol. The Morgan fingerprint density at radius 1 is 1.33 bits per heavy atom. The van der Waals surface area contributed by atoms with Crippen molar-refractivity contribution in [2.75, 3.05) is 6.61 Å². The van der Waals surface area contributed by atoms with Gasteiger partial charge in [-0.2, -0.15) is 0 Å². The van der Waals surface area contributed by atoms with Crippen LogP contribution in [0.1, 0.15) is 29.9 Å². The van der Waals surface area contributed by atoms with Gasteiger partial charge in [0.1, 0.15) is 0 Å². The summed E-state index contributed by atoms with van der Waals surface area (Å²) >= 11 is 6.83. The van der Waals surface area contributed by atoms with Gasteiger partial charge in [0.2, 0.25) is 0 Å². The third kappa shape index (κ3) is 3.40. The van der Waals surface area contributed by atoms with Crippen molar-refractivity contribution in [2.24, 2.45) is 5.92 Å². The average molecular weight is 289 g/mol. The average Bonchev–Trinajstić information content (AvgIpc) is 2.76. The summed E-state index contributed by atoms with van der Waals surface area (Å²) in [5, 5.41) is 0. The van der Waals surface area contributed by atoms with Crippen LogP contribution in [-0.2, 0) is 14.3 Å². The Bertz CT molecular complexity index is 466. The van der Waals surface area contributed by atoms with Crippen molar-refractivity contribution in [1.29, 1.82) is 0 Å². The zero-order valence-corrected chi connectivity index (χ0v) is 11.6. The van der Waals surface area contributed by atoms with Crippen LogP contribution in [0, 0.1) is 5.92 Å². The standard InChI is InChI=1S/C12H13ClO4S/c1-3-7(11(15)12(16)17-4-2)10(14)8-5-6-9(13)18-8/h5-7H,3-4H2,1-2H3. The van der Waals surface area contributed by atoms with E-state index in [1.165, 1.54) is 0 Å². The van der Waals surface area contributed by atoms with Gasteiger partial charge in [0.15, 0.2) is 5.78 Å². The third-order valence-corrected chi connectivity index (χ3v) is 3.58. The number of hydrogen-bond acceptors (Lipinski definition) is 5. The van der Waals surface area contributed by atoms with Gasteiger partial charge in [-0.15, -0.1) is 11.3 Å². The Balaban J connectivity index is 2.86. The highest BCUT2D eigenvalue weighted by Gasteiger charge is 2.32. The number of rotatable bonds is 6. The molecule has 0 fully saturated rings. The lowest BCUT2D eigenvalue weighted by atomic mass is 9.95. The van der Waals surface area contributed by atoms with Crippen LogP contribution in [0.5, 0.6) is 0 Å². The summed E-state index contributed by atoms with van der Waals surface area (Å²) < 4.78 is 5.08. The topological polar surface area (TPSA) is 60.4 Å². The second kappa shape index (κ2) is 6.66. The fraction of sp³-hybridized carbons (Fsp3) is 0.417. The third-order valence-electron chi connectivity index (χ3n) is 2.33. The molecule has 18 heavy (non-hydrogen) atoms. The number of carbonyl (C=O) groups is 3. The van der Waals surface area contributed by atoms with Crippen LogP contribution in [0.25, 0.3) is 0 Å². The molecule has 1 atom stereocenters. The summed E-state index contributed by atoms with van der Waals surface area (Å²) in [6, 6.07) is 3.14. The first kappa shape index (κ1) is 14.9. The van der Waals surface area contributed by atoms with Gasteiger partial charge in [0.25, 0.3) is 5.78 Å². The Hall–Kier alpha value is -1.20. The number of thiophene rings is 1. The van der Waals surface area contributed by atoms with Crippen LogP contribution in [0.3, 0.4) is 0 Å². The number of halogens is 1. The van der Waals surface area contributed by atoms with E-state index < -0.39 is 17.7 Å². The number of hydrogen-bond donors (Lipinski definition) is 0. The van der Waals surface area contributed by atoms with Crippen LogP contribution in [0.2, 0.25) is 4.34 Å². The molecule has 1 rings (SSSR count). The molecule has 0 amide bonds. The second-order valence-electron chi connectivity index (χ2n) is 3.51. The predicted molar refractivity (Wildman–Crippen MR) is 69.1 cm³/mol. The molecule has 6 heteroatoms. The zero-order chi connectivity index (χ0) is 13.7. The minimum atomic E-state index is -0.987. The van der Waals surface area contributed by atoms with Crippen molar-refractivity contribution in [3.63, 3.8) is 0 Å². The molecule has 1 aromatic heterocycles. The van der Waals surface area contributed by atoms with Crippen LogP contribution in [0.4, 0.5) is 0 Å². The van der Waals surface area contributed by atoms with Crippen LogP contribution in [0.15, 0.2) is 12.1 Å². The lowest BCUT2D eigenvalue weighted by Crippen LogP contribution is -2.31. The summed E-state index contributed by atoms with van der Waals surface area (Å²) in [5.41, 5.74) is 0. The van der Waals surface area contributed by atoms with E-state index >= 15 is 0 Å². The van der Waals surface area contributed by atoms with E-state index in [0.717, 1.165) is 11.3 Å². The summed E-state index contributed by atoms with van der Waals surface area (Å²) in [4.78, 5) is 35.5. The molecule has 0 spiro atoms. The minimum Gasteiger partial charge on any atom is -0.460 e. The predicted octanol–water partition coefficient (Wildman–Crippen LogP) is 2.74. The Morgan fingerprint density at radius 3 is 2.44 bits per heavy atom. The normalized spacial score (nSPS) is 11.9. The number of carbonyl (C=O) groups excluding carboxylic acids is 3. The van der Waals surface area contributed by atoms with Gasteiger partial charge in [0, 0.05) is 0 Å². The quantitative estimate of drug-likeness (QED) is 0.349. The lowest BCUT2D eigenvalue weighted by molar-refractivity contribution is -0.154. The summed E-state index contributed by atoms with van der Waals surface area (Å²) in [6.45, 7) is 3.39. The second-order valence-corrected chi connectivity index (χ2v) is 5.23. The van der Waals surface area contributed by atoms with E-state index in [-0.39, 0.29) is 18.8 Å². The molecule has 0 N–H and O–H groups in total. The van der Waals surface area contributed by atoms with Crippen molar-refractivity contribution in [3.05, 3.63) is 21.3 Å². The highest BCUT2D eigenvalue weighted by molar-refractivity contribution is 7.18. The molecule has 1 unspecified atom stereocenters. The molecule has 0 aliphatic carbocycles. The molecule has 0 aliphatic rings. The van der Waals surface area contributed by atoms with Crippen molar-refractivity contribution in [2.45, 2.75) is 20.3 Å². The Labute approximate surface area is 114 Å². The molecule has 1 aromatic rings. The largest absolute Gasteiger partial charge is 0.460 e. The first-order valence-corrected chi connectivity index (χ1v) is 6.71. The van der Waals surface area contributed by atoms with E-state index in [1.54, 1.807) is 26.0 Å². The summed E-state index contributed by atoms with van der Waals surface area (Å²) in [7, 11) is 0. The van der Waals surface area contributed by atoms with Crippen LogP contribution < -0.4 is 0 Å². The van der Waals surface area contributed by atoms with Crippen molar-refractivity contribution in [1.82, 2.24) is 0 Å². The number of Topliss-reactive ketones (excluding diaryl/α,β-unsaturated/α-hetero) is 2. The van der Waals surface area contributed by atoms with E-state index in [4.69, 9.17) is 11.6 Å². The SMILES string of the molecule is CCOC(=O)C(=O)C(CC)C(=O)c1ccc(Cl)s1. The van der Waals surface area contributed by atoms with Crippen LogP contribution >= 0.6 is 22.9 Å². The maximum atomic E-state index is 12.1. The molecule has 0 radical (unpaired) electrons. The zero-order valence-electron chi connectivity index (χ0n) is 10.1. The van der Waals surface area contributed by atoms with Gasteiger partial charge in [0.05, 0.1) is 21.7 Å². The molecule has 0 bridgehead atoms. The molecule has 0 aliphatic heterocycles. The molecule has 4 nitrogen and oxygen atoms in total. The fourth-order valence-corrected chi connectivity index (χ4v) is 2.49. The van der Waals surface area contributed by atoms with E-state index in [2.05, 4.69) is 4.74 Å². The Kier molecular flexibility index (Phi) is 5.50. The van der Waals surface area contributed by atoms with Crippen LogP contribution in [-0.4, -0.2) is 24.1 Å². The minimum absolute atomic E-state index is 0.111. The van der Waals surface area contributed by atoms with Crippen molar-refractivity contribution in [3.8, 4) is 0 Å². The van der Waals surface area contributed by atoms with Gasteiger partial charge >= 0.3 is 5.97 Å². The highest BCUT2D eigenvalue weighted by atomic mass is 35.5. The Morgan fingerprint density at radius 2 is 2.00 bits per heavy atom. The molecule has 0 saturated heterocycles. The van der Waals surface area contributed by atoms with Gasteiger partial charge < -0.3 is 4.74 Å². The lowest BCUT2D eigenvalue weighted by Gasteiger charge is -2.10.